The molecule has 1 heteroatoms. The van der Waals surface area contributed by atoms with E-state index >= 15 is 0 Å². The third kappa shape index (κ3) is 1.79. The molecule has 0 N–H and O–H groups in total. The smallest absolute Gasteiger partial charge is 0.146 e. The highest BCUT2D eigenvalue weighted by Gasteiger charge is 2.51. The number of carbonyl (C=O) groups is 1. The molecular formula is C15H20O. The van der Waals surface area contributed by atoms with Gasteiger partial charge in [-0.2, -0.15) is 0 Å². The summed E-state index contributed by atoms with van der Waals surface area (Å²) in [6.07, 6.45) is 3.03. The molecule has 1 aliphatic rings. The van der Waals surface area contributed by atoms with Crippen molar-refractivity contribution in [1.82, 2.24) is 0 Å². The van der Waals surface area contributed by atoms with Crippen molar-refractivity contribution in [2.24, 2.45) is 5.92 Å². The highest BCUT2D eigenvalue weighted by Crippen LogP contribution is 2.50. The molecule has 1 fully saturated rings. The minimum absolute atomic E-state index is 0.122. The van der Waals surface area contributed by atoms with Gasteiger partial charge in [-0.3, -0.25) is 4.79 Å². The summed E-state index contributed by atoms with van der Waals surface area (Å²) in [4.78, 5) is 12.3. The molecule has 0 aromatic heterocycles. The molecule has 0 aliphatic heterocycles. The molecule has 1 unspecified atom stereocenters. The third-order valence-corrected chi connectivity index (χ3v) is 3.89. The van der Waals surface area contributed by atoms with Gasteiger partial charge in [0, 0.05) is 5.92 Å². The second kappa shape index (κ2) is 4.04. The van der Waals surface area contributed by atoms with Crippen molar-refractivity contribution in [3.8, 4) is 0 Å². The quantitative estimate of drug-likeness (QED) is 0.751. The van der Waals surface area contributed by atoms with E-state index in [0.29, 0.717) is 5.78 Å². The lowest BCUT2D eigenvalue weighted by molar-refractivity contribution is -0.125. The van der Waals surface area contributed by atoms with Gasteiger partial charge in [0.2, 0.25) is 0 Å². The van der Waals surface area contributed by atoms with E-state index in [0.717, 1.165) is 19.3 Å². The van der Waals surface area contributed by atoms with E-state index in [2.05, 4.69) is 45.0 Å². The van der Waals surface area contributed by atoms with Crippen LogP contribution in [-0.4, -0.2) is 5.78 Å². The van der Waals surface area contributed by atoms with Crippen molar-refractivity contribution in [2.75, 3.05) is 0 Å². The molecule has 1 aromatic rings. The van der Waals surface area contributed by atoms with Crippen LogP contribution >= 0.6 is 0 Å². The molecule has 0 saturated heterocycles. The van der Waals surface area contributed by atoms with E-state index in [9.17, 15) is 4.79 Å². The summed E-state index contributed by atoms with van der Waals surface area (Å²) >= 11 is 0. The molecule has 1 atom stereocenters. The lowest BCUT2D eigenvalue weighted by atomic mass is 9.84. The van der Waals surface area contributed by atoms with Crippen molar-refractivity contribution >= 4 is 5.78 Å². The van der Waals surface area contributed by atoms with Crippen molar-refractivity contribution in [1.29, 1.82) is 0 Å². The number of aryl methyl sites for hydroxylation is 1. The van der Waals surface area contributed by atoms with Crippen LogP contribution in [0.15, 0.2) is 24.3 Å². The maximum Gasteiger partial charge on any atom is 0.146 e. The van der Waals surface area contributed by atoms with Gasteiger partial charge in [-0.15, -0.1) is 0 Å². The zero-order valence-corrected chi connectivity index (χ0v) is 10.4. The van der Waals surface area contributed by atoms with E-state index in [1.807, 2.05) is 0 Å². The summed E-state index contributed by atoms with van der Waals surface area (Å²) in [6.45, 7) is 6.23. The Morgan fingerprint density at radius 2 is 1.88 bits per heavy atom. The number of rotatable bonds is 4. The van der Waals surface area contributed by atoms with Crippen LogP contribution in [0.4, 0.5) is 0 Å². The highest BCUT2D eigenvalue weighted by molar-refractivity contribution is 5.94. The Balaban J connectivity index is 2.26. The van der Waals surface area contributed by atoms with Crippen LogP contribution in [0.1, 0.15) is 44.2 Å². The summed E-state index contributed by atoms with van der Waals surface area (Å²) < 4.78 is 0. The Bertz CT molecular complexity index is 384. The van der Waals surface area contributed by atoms with Crippen molar-refractivity contribution in [3.63, 3.8) is 0 Å². The molecule has 2 rings (SSSR count). The number of benzene rings is 1. The monoisotopic (exact) mass is 216 g/mol. The van der Waals surface area contributed by atoms with Gasteiger partial charge >= 0.3 is 0 Å². The molecular weight excluding hydrogens is 196 g/mol. The molecule has 1 aliphatic carbocycles. The Hall–Kier alpha value is -1.11. The highest BCUT2D eigenvalue weighted by atomic mass is 16.1. The number of Topliss-reactive ketones (excluding diaryl/α,β-unsaturated/α-hetero) is 1. The second-order valence-corrected chi connectivity index (χ2v) is 5.12. The number of carbonyl (C=O) groups excluding carboxylic acids is 1. The largest absolute Gasteiger partial charge is 0.298 e. The Morgan fingerprint density at radius 3 is 2.31 bits per heavy atom. The third-order valence-electron chi connectivity index (χ3n) is 3.89. The van der Waals surface area contributed by atoms with Gasteiger partial charge in [0.1, 0.15) is 5.78 Å². The molecule has 16 heavy (non-hydrogen) atoms. The van der Waals surface area contributed by atoms with E-state index < -0.39 is 0 Å². The van der Waals surface area contributed by atoms with Gasteiger partial charge in [-0.05, 0) is 31.7 Å². The summed E-state index contributed by atoms with van der Waals surface area (Å²) in [5, 5.41) is 0. The molecule has 1 saturated carbocycles. The van der Waals surface area contributed by atoms with Crippen LogP contribution in [0.5, 0.6) is 0 Å². The molecule has 1 nitrogen and oxygen atoms in total. The van der Waals surface area contributed by atoms with Gasteiger partial charge in [0.15, 0.2) is 0 Å². The normalized spacial score (nSPS) is 19.2. The topological polar surface area (TPSA) is 17.1 Å². The summed E-state index contributed by atoms with van der Waals surface area (Å²) in [5.41, 5.74) is 2.36. The second-order valence-electron chi connectivity index (χ2n) is 5.12. The van der Waals surface area contributed by atoms with Crippen LogP contribution in [0.2, 0.25) is 0 Å². The van der Waals surface area contributed by atoms with Gasteiger partial charge in [-0.25, -0.2) is 0 Å². The molecule has 0 amide bonds. The van der Waals surface area contributed by atoms with Crippen LogP contribution in [0, 0.1) is 12.8 Å². The van der Waals surface area contributed by atoms with Crippen molar-refractivity contribution in [2.45, 2.75) is 45.4 Å². The number of hydrogen-bond donors (Lipinski definition) is 0. The first-order valence-electron chi connectivity index (χ1n) is 6.21. The summed E-state index contributed by atoms with van der Waals surface area (Å²) in [6, 6.07) is 8.48. The van der Waals surface area contributed by atoms with Crippen LogP contribution in [-0.2, 0) is 10.2 Å². The first-order valence-corrected chi connectivity index (χ1v) is 6.21. The van der Waals surface area contributed by atoms with Crippen LogP contribution in [0.25, 0.3) is 0 Å². The van der Waals surface area contributed by atoms with Gasteiger partial charge in [0.05, 0.1) is 5.41 Å². The van der Waals surface area contributed by atoms with Crippen LogP contribution in [0.3, 0.4) is 0 Å². The van der Waals surface area contributed by atoms with E-state index in [-0.39, 0.29) is 11.3 Å². The molecule has 0 heterocycles. The lowest BCUT2D eigenvalue weighted by Crippen LogP contribution is -2.26. The molecule has 0 bridgehead atoms. The SMILES string of the molecule is CCC(C)C(=O)C1(c2ccc(C)cc2)CC1. The first-order chi connectivity index (χ1) is 7.60. The predicted molar refractivity (Wildman–Crippen MR) is 66.6 cm³/mol. The zero-order chi connectivity index (χ0) is 11.8. The maximum atomic E-state index is 12.3. The van der Waals surface area contributed by atoms with Crippen molar-refractivity contribution in [3.05, 3.63) is 35.4 Å². The van der Waals surface area contributed by atoms with Gasteiger partial charge in [0.25, 0.3) is 0 Å². The predicted octanol–water partition coefficient (Wildman–Crippen LogP) is 3.64. The van der Waals surface area contributed by atoms with E-state index in [1.54, 1.807) is 0 Å². The summed E-state index contributed by atoms with van der Waals surface area (Å²) in [5.74, 6) is 0.641. The van der Waals surface area contributed by atoms with Crippen molar-refractivity contribution < 1.29 is 4.79 Å². The average molecular weight is 216 g/mol. The number of hydrogen-bond acceptors (Lipinski definition) is 1. The minimum Gasteiger partial charge on any atom is -0.298 e. The summed E-state index contributed by atoms with van der Waals surface area (Å²) in [7, 11) is 0. The Kier molecular flexibility index (Phi) is 2.88. The first kappa shape index (κ1) is 11.4. The van der Waals surface area contributed by atoms with E-state index in [4.69, 9.17) is 0 Å². The molecule has 0 radical (unpaired) electrons. The standard InChI is InChI=1S/C15H20O/c1-4-12(3)14(16)15(9-10-15)13-7-5-11(2)6-8-13/h5-8,12H,4,9-10H2,1-3H3. The minimum atomic E-state index is -0.122. The Morgan fingerprint density at radius 1 is 1.31 bits per heavy atom. The zero-order valence-electron chi connectivity index (χ0n) is 10.4. The number of ketones is 1. The van der Waals surface area contributed by atoms with Gasteiger partial charge < -0.3 is 0 Å². The lowest BCUT2D eigenvalue weighted by Gasteiger charge is -2.18. The van der Waals surface area contributed by atoms with E-state index in [1.165, 1.54) is 11.1 Å². The fraction of sp³-hybridized carbons (Fsp3) is 0.533. The molecule has 86 valence electrons. The fourth-order valence-corrected chi connectivity index (χ4v) is 2.33. The fourth-order valence-electron chi connectivity index (χ4n) is 2.33. The van der Waals surface area contributed by atoms with Crippen LogP contribution < -0.4 is 0 Å². The molecule has 1 aromatic carbocycles. The average Bonchev–Trinajstić information content (AvgIpc) is 3.09. The van der Waals surface area contributed by atoms with Gasteiger partial charge in [-0.1, -0.05) is 43.7 Å². The maximum absolute atomic E-state index is 12.3. The molecule has 0 spiro atoms. The Labute approximate surface area is 97.9 Å².